The van der Waals surface area contributed by atoms with Gasteiger partial charge in [0.15, 0.2) is 0 Å². The number of nitrogens with one attached hydrogen (secondary N) is 1. The van der Waals surface area contributed by atoms with Crippen LogP contribution in [0.25, 0.3) is 0 Å². The van der Waals surface area contributed by atoms with Gasteiger partial charge >= 0.3 is 0 Å². The van der Waals surface area contributed by atoms with E-state index in [1.165, 1.54) is 12.1 Å². The molecule has 0 aromatic heterocycles. The van der Waals surface area contributed by atoms with Crippen molar-refractivity contribution < 1.29 is 12.8 Å². The third kappa shape index (κ3) is 5.02. The molecule has 0 aliphatic rings. The van der Waals surface area contributed by atoms with Crippen molar-refractivity contribution in [1.29, 1.82) is 0 Å². The fraction of sp³-hybridized carbons (Fsp3) is 0.500. The smallest absolute Gasteiger partial charge is 0.211 e. The first-order valence-corrected chi connectivity index (χ1v) is 8.50. The van der Waals surface area contributed by atoms with E-state index in [0.717, 1.165) is 6.07 Å². The number of rotatable bonds is 6. The van der Waals surface area contributed by atoms with Gasteiger partial charge in [-0.25, -0.2) is 17.5 Å². The lowest BCUT2D eigenvalue weighted by Crippen LogP contribution is -2.34. The van der Waals surface area contributed by atoms with Gasteiger partial charge in [-0.1, -0.05) is 29.8 Å². The molecule has 0 saturated carbocycles. The molecule has 0 radical (unpaired) electrons. The molecule has 0 unspecified atom stereocenters. The molecule has 19 heavy (non-hydrogen) atoms. The number of hydrogen-bond acceptors (Lipinski definition) is 2. The maximum atomic E-state index is 13.6. The van der Waals surface area contributed by atoms with Gasteiger partial charge in [-0.3, -0.25) is 0 Å². The Morgan fingerprint density at radius 3 is 2.58 bits per heavy atom. The van der Waals surface area contributed by atoms with Crippen LogP contribution in [-0.4, -0.2) is 20.8 Å². The van der Waals surface area contributed by atoms with E-state index in [0.29, 0.717) is 16.8 Å². The van der Waals surface area contributed by atoms with Gasteiger partial charge in [0.25, 0.3) is 0 Å². The van der Waals surface area contributed by atoms with Gasteiger partial charge in [-0.2, -0.15) is 0 Å². The van der Waals surface area contributed by atoms with E-state index in [1.807, 2.05) is 13.8 Å². The average Bonchev–Trinajstić information content (AvgIpc) is 2.26. The Balaban J connectivity index is 2.87. The van der Waals surface area contributed by atoms with E-state index < -0.39 is 15.8 Å². The highest BCUT2D eigenvalue weighted by Gasteiger charge is 2.24. The minimum absolute atomic E-state index is 0.206. The molecule has 0 aliphatic carbocycles. The van der Waals surface area contributed by atoms with Crippen molar-refractivity contribution in [2.24, 2.45) is 5.41 Å². The second kappa shape index (κ2) is 6.52. The molecule has 7 heteroatoms. The summed E-state index contributed by atoms with van der Waals surface area (Å²) >= 11 is 8.74. The lowest BCUT2D eigenvalue weighted by molar-refractivity contribution is 0.352. The first-order chi connectivity index (χ1) is 8.68. The van der Waals surface area contributed by atoms with Crippen molar-refractivity contribution in [1.82, 2.24) is 4.72 Å². The Labute approximate surface area is 126 Å². The predicted octanol–water partition coefficient (Wildman–Crippen LogP) is 3.52. The van der Waals surface area contributed by atoms with E-state index in [2.05, 4.69) is 20.7 Å². The maximum Gasteiger partial charge on any atom is 0.243 e. The second-order valence-electron chi connectivity index (χ2n) is 5.00. The van der Waals surface area contributed by atoms with Crippen LogP contribution in [-0.2, 0) is 10.0 Å². The summed E-state index contributed by atoms with van der Waals surface area (Å²) in [6, 6.07) is 3.84. The van der Waals surface area contributed by atoms with Crippen molar-refractivity contribution in [2.45, 2.75) is 25.2 Å². The molecule has 1 aromatic rings. The minimum atomic E-state index is -3.85. The van der Waals surface area contributed by atoms with Crippen molar-refractivity contribution in [3.05, 3.63) is 28.5 Å². The fourth-order valence-electron chi connectivity index (χ4n) is 1.41. The van der Waals surface area contributed by atoms with Gasteiger partial charge in [-0.05, 0) is 30.0 Å². The van der Waals surface area contributed by atoms with Crippen LogP contribution < -0.4 is 4.72 Å². The summed E-state index contributed by atoms with van der Waals surface area (Å²) in [5.41, 5.74) is -0.277. The van der Waals surface area contributed by atoms with E-state index in [-0.39, 0.29) is 16.9 Å². The zero-order valence-electron chi connectivity index (χ0n) is 10.7. The maximum absolute atomic E-state index is 13.6. The van der Waals surface area contributed by atoms with Gasteiger partial charge in [0, 0.05) is 16.9 Å². The largest absolute Gasteiger partial charge is 0.243 e. The van der Waals surface area contributed by atoms with Gasteiger partial charge in [0.05, 0.1) is 0 Å². The summed E-state index contributed by atoms with van der Waals surface area (Å²) in [5.74, 6) is -0.335. The molecule has 0 atom stereocenters. The van der Waals surface area contributed by atoms with Gasteiger partial charge < -0.3 is 0 Å². The van der Waals surface area contributed by atoms with Crippen molar-refractivity contribution in [3.8, 4) is 0 Å². The SMILES string of the molecule is CC(C)(CCCl)CNS(=O)(=O)c1ccc(Br)cc1F. The number of alkyl halides is 1. The Morgan fingerprint density at radius 2 is 2.05 bits per heavy atom. The molecular weight excluding hydrogens is 357 g/mol. The fourth-order valence-corrected chi connectivity index (χ4v) is 3.55. The van der Waals surface area contributed by atoms with Crippen LogP contribution in [0.3, 0.4) is 0 Å². The Bertz CT molecular complexity index is 549. The molecule has 0 saturated heterocycles. The Morgan fingerprint density at radius 1 is 1.42 bits per heavy atom. The molecule has 0 aliphatic heterocycles. The molecule has 108 valence electrons. The molecule has 0 spiro atoms. The van der Waals surface area contributed by atoms with Gasteiger partial charge in [0.1, 0.15) is 10.7 Å². The molecule has 0 amide bonds. The first kappa shape index (κ1) is 16.9. The topological polar surface area (TPSA) is 46.2 Å². The lowest BCUT2D eigenvalue weighted by atomic mass is 9.91. The highest BCUT2D eigenvalue weighted by molar-refractivity contribution is 9.10. The van der Waals surface area contributed by atoms with Crippen LogP contribution in [0.15, 0.2) is 27.6 Å². The predicted molar refractivity (Wildman–Crippen MR) is 78.4 cm³/mol. The zero-order chi connectivity index (χ0) is 14.7. The molecule has 1 N–H and O–H groups in total. The monoisotopic (exact) mass is 371 g/mol. The van der Waals surface area contributed by atoms with E-state index in [1.54, 1.807) is 0 Å². The molecule has 0 fully saturated rings. The quantitative estimate of drug-likeness (QED) is 0.777. The standard InChI is InChI=1S/C12H16BrClFNO2S/c1-12(2,5-6-14)8-16-19(17,18)11-4-3-9(13)7-10(11)15/h3-4,7,16H,5-6,8H2,1-2H3. The minimum Gasteiger partial charge on any atom is -0.211 e. The summed E-state index contributed by atoms with van der Waals surface area (Å²) in [5, 5.41) is 0. The highest BCUT2D eigenvalue weighted by Crippen LogP contribution is 2.22. The van der Waals surface area contributed by atoms with Crippen LogP contribution in [0.2, 0.25) is 0 Å². The van der Waals surface area contributed by atoms with Crippen LogP contribution in [0.4, 0.5) is 4.39 Å². The number of hydrogen-bond donors (Lipinski definition) is 1. The van der Waals surface area contributed by atoms with E-state index in [4.69, 9.17) is 11.6 Å². The Kier molecular flexibility index (Phi) is 5.79. The summed E-state index contributed by atoms with van der Waals surface area (Å²) in [4.78, 5) is -0.350. The van der Waals surface area contributed by atoms with Crippen LogP contribution in [0.1, 0.15) is 20.3 Å². The third-order valence-electron chi connectivity index (χ3n) is 2.70. The van der Waals surface area contributed by atoms with Gasteiger partial charge in [0.2, 0.25) is 10.0 Å². The van der Waals surface area contributed by atoms with Crippen molar-refractivity contribution in [2.75, 3.05) is 12.4 Å². The van der Waals surface area contributed by atoms with Crippen LogP contribution >= 0.6 is 27.5 Å². The molecule has 1 rings (SSSR count). The van der Waals surface area contributed by atoms with Crippen LogP contribution in [0.5, 0.6) is 0 Å². The Hall–Kier alpha value is -0.170. The lowest BCUT2D eigenvalue weighted by Gasteiger charge is -2.23. The molecule has 3 nitrogen and oxygen atoms in total. The zero-order valence-corrected chi connectivity index (χ0v) is 13.9. The van der Waals surface area contributed by atoms with Crippen molar-refractivity contribution in [3.63, 3.8) is 0 Å². The molecule has 1 aromatic carbocycles. The molecule has 0 bridgehead atoms. The number of sulfonamides is 1. The van der Waals surface area contributed by atoms with E-state index >= 15 is 0 Å². The summed E-state index contributed by atoms with van der Waals surface area (Å²) in [6.45, 7) is 4.00. The highest BCUT2D eigenvalue weighted by atomic mass is 79.9. The number of benzene rings is 1. The van der Waals surface area contributed by atoms with E-state index in [9.17, 15) is 12.8 Å². The summed E-state index contributed by atoms with van der Waals surface area (Å²) in [7, 11) is -3.85. The first-order valence-electron chi connectivity index (χ1n) is 5.69. The van der Waals surface area contributed by atoms with Crippen LogP contribution in [0, 0.1) is 11.2 Å². The summed E-state index contributed by atoms with van der Waals surface area (Å²) in [6.07, 6.45) is 0.667. The molecule has 0 heterocycles. The number of halogens is 3. The normalized spacial score (nSPS) is 12.7. The summed E-state index contributed by atoms with van der Waals surface area (Å²) < 4.78 is 40.6. The third-order valence-corrected chi connectivity index (χ3v) is 4.81. The average molecular weight is 373 g/mol. The van der Waals surface area contributed by atoms with Crippen molar-refractivity contribution >= 4 is 37.6 Å². The van der Waals surface area contributed by atoms with Gasteiger partial charge in [-0.15, -0.1) is 11.6 Å². The molecular formula is C12H16BrClFNO2S. The second-order valence-corrected chi connectivity index (χ2v) is 8.03.